The van der Waals surface area contributed by atoms with Crippen molar-refractivity contribution in [1.82, 2.24) is 0 Å². The molecular weight excluding hydrogens is 222 g/mol. The summed E-state index contributed by atoms with van der Waals surface area (Å²) in [5.41, 5.74) is 6.89. The molecule has 0 bridgehead atoms. The maximum absolute atomic E-state index is 5.94. The van der Waals surface area contributed by atoms with Crippen LogP contribution in [0.25, 0.3) is 0 Å². The van der Waals surface area contributed by atoms with Crippen LogP contribution in [0.2, 0.25) is 0 Å². The second-order valence-electron chi connectivity index (χ2n) is 5.00. The average Bonchev–Trinajstić information content (AvgIpc) is 2.40. The van der Waals surface area contributed by atoms with Gasteiger partial charge in [-0.2, -0.15) is 0 Å². The van der Waals surface area contributed by atoms with Gasteiger partial charge in [-0.15, -0.1) is 0 Å². The lowest BCUT2D eigenvalue weighted by Gasteiger charge is -2.25. The Morgan fingerprint density at radius 1 is 0.944 bits per heavy atom. The molecule has 0 aromatic heterocycles. The van der Waals surface area contributed by atoms with Crippen molar-refractivity contribution < 1.29 is 4.74 Å². The molecule has 0 aliphatic rings. The maximum Gasteiger partial charge on any atom is 0.131 e. The van der Waals surface area contributed by atoms with Crippen molar-refractivity contribution in [3.8, 4) is 11.5 Å². The number of hydrogen-bond donors (Lipinski definition) is 1. The molecule has 2 nitrogen and oxygen atoms in total. The average molecular weight is 241 g/mol. The molecule has 94 valence electrons. The number of para-hydroxylation sites is 2. The molecule has 2 aromatic rings. The van der Waals surface area contributed by atoms with Crippen molar-refractivity contribution in [2.75, 3.05) is 6.54 Å². The Labute approximate surface area is 108 Å². The summed E-state index contributed by atoms with van der Waals surface area (Å²) in [6.07, 6.45) is 0. The quantitative estimate of drug-likeness (QED) is 0.885. The molecule has 0 saturated heterocycles. The van der Waals surface area contributed by atoms with E-state index >= 15 is 0 Å². The van der Waals surface area contributed by atoms with Gasteiger partial charge in [0.2, 0.25) is 0 Å². The minimum atomic E-state index is -0.0919. The van der Waals surface area contributed by atoms with Crippen molar-refractivity contribution in [2.45, 2.75) is 19.3 Å². The zero-order valence-electron chi connectivity index (χ0n) is 10.9. The summed E-state index contributed by atoms with van der Waals surface area (Å²) < 4.78 is 5.94. The second kappa shape index (κ2) is 5.23. The van der Waals surface area contributed by atoms with Gasteiger partial charge in [-0.25, -0.2) is 0 Å². The lowest BCUT2D eigenvalue weighted by atomic mass is 9.84. The minimum absolute atomic E-state index is 0.0919. The highest BCUT2D eigenvalue weighted by Gasteiger charge is 2.22. The molecular formula is C16H19NO. The molecule has 2 rings (SSSR count). The predicted molar refractivity (Wildman–Crippen MR) is 75.0 cm³/mol. The molecule has 0 amide bonds. The Balaban J connectivity index is 2.34. The molecule has 2 heteroatoms. The molecule has 0 spiro atoms. The lowest BCUT2D eigenvalue weighted by Crippen LogP contribution is -2.28. The highest BCUT2D eigenvalue weighted by Crippen LogP contribution is 2.33. The molecule has 0 aliphatic carbocycles. The monoisotopic (exact) mass is 241 g/mol. The fraction of sp³-hybridized carbons (Fsp3) is 0.250. The zero-order valence-corrected chi connectivity index (χ0v) is 10.9. The highest BCUT2D eigenvalue weighted by atomic mass is 16.5. The minimum Gasteiger partial charge on any atom is -0.457 e. The first-order valence-corrected chi connectivity index (χ1v) is 6.16. The maximum atomic E-state index is 5.94. The van der Waals surface area contributed by atoms with E-state index < -0.39 is 0 Å². The summed E-state index contributed by atoms with van der Waals surface area (Å²) in [7, 11) is 0. The Morgan fingerprint density at radius 3 is 2.22 bits per heavy atom. The number of hydrogen-bond acceptors (Lipinski definition) is 2. The smallest absolute Gasteiger partial charge is 0.131 e. The van der Waals surface area contributed by atoms with Gasteiger partial charge in [0.15, 0.2) is 0 Å². The third kappa shape index (κ3) is 2.71. The van der Waals surface area contributed by atoms with E-state index in [9.17, 15) is 0 Å². The summed E-state index contributed by atoms with van der Waals surface area (Å²) >= 11 is 0. The summed E-state index contributed by atoms with van der Waals surface area (Å²) in [4.78, 5) is 0. The van der Waals surface area contributed by atoms with Crippen LogP contribution in [-0.4, -0.2) is 6.54 Å². The van der Waals surface area contributed by atoms with Crippen molar-refractivity contribution in [3.05, 3.63) is 60.2 Å². The van der Waals surface area contributed by atoms with Crippen LogP contribution < -0.4 is 10.5 Å². The zero-order chi connectivity index (χ0) is 13.0. The van der Waals surface area contributed by atoms with E-state index in [1.165, 1.54) is 0 Å². The van der Waals surface area contributed by atoms with E-state index in [1.54, 1.807) is 0 Å². The van der Waals surface area contributed by atoms with E-state index in [-0.39, 0.29) is 5.41 Å². The van der Waals surface area contributed by atoms with Gasteiger partial charge in [0.1, 0.15) is 11.5 Å². The lowest BCUT2D eigenvalue weighted by molar-refractivity contribution is 0.446. The first-order chi connectivity index (χ1) is 8.63. The number of benzene rings is 2. The van der Waals surface area contributed by atoms with Crippen LogP contribution in [0.4, 0.5) is 0 Å². The number of rotatable bonds is 4. The normalized spacial score (nSPS) is 11.3. The second-order valence-corrected chi connectivity index (χ2v) is 5.00. The molecule has 18 heavy (non-hydrogen) atoms. The molecule has 2 N–H and O–H groups in total. The number of ether oxygens (including phenoxy) is 1. The van der Waals surface area contributed by atoms with Gasteiger partial charge in [-0.1, -0.05) is 50.2 Å². The van der Waals surface area contributed by atoms with Gasteiger partial charge in [0.05, 0.1) is 0 Å². The Morgan fingerprint density at radius 2 is 1.56 bits per heavy atom. The van der Waals surface area contributed by atoms with Gasteiger partial charge in [0, 0.05) is 17.5 Å². The van der Waals surface area contributed by atoms with Crippen LogP contribution in [0.15, 0.2) is 54.6 Å². The van der Waals surface area contributed by atoms with Crippen molar-refractivity contribution in [2.24, 2.45) is 5.73 Å². The third-order valence-corrected chi connectivity index (χ3v) is 3.10. The first kappa shape index (κ1) is 12.7. The van der Waals surface area contributed by atoms with Gasteiger partial charge in [-0.3, -0.25) is 0 Å². The fourth-order valence-corrected chi connectivity index (χ4v) is 1.84. The van der Waals surface area contributed by atoms with Gasteiger partial charge in [0.25, 0.3) is 0 Å². The van der Waals surface area contributed by atoms with Crippen molar-refractivity contribution in [3.63, 3.8) is 0 Å². The summed E-state index contributed by atoms with van der Waals surface area (Å²) in [5.74, 6) is 1.72. The predicted octanol–water partition coefficient (Wildman–Crippen LogP) is 3.72. The molecule has 0 atom stereocenters. The van der Waals surface area contributed by atoms with Crippen molar-refractivity contribution >= 4 is 0 Å². The van der Waals surface area contributed by atoms with E-state index in [1.807, 2.05) is 48.5 Å². The van der Waals surface area contributed by atoms with Crippen LogP contribution in [-0.2, 0) is 5.41 Å². The van der Waals surface area contributed by atoms with E-state index in [4.69, 9.17) is 10.5 Å². The van der Waals surface area contributed by atoms with Gasteiger partial charge in [-0.05, 0) is 18.2 Å². The van der Waals surface area contributed by atoms with Crippen LogP contribution in [0.5, 0.6) is 11.5 Å². The first-order valence-electron chi connectivity index (χ1n) is 6.16. The standard InChI is InChI=1S/C16H19NO/c1-16(2,12-17)14-10-6-7-11-15(14)18-13-8-4-3-5-9-13/h3-11H,12,17H2,1-2H3. The van der Waals surface area contributed by atoms with E-state index in [0.29, 0.717) is 6.54 Å². The highest BCUT2D eigenvalue weighted by molar-refractivity contribution is 5.42. The third-order valence-electron chi connectivity index (χ3n) is 3.10. The summed E-state index contributed by atoms with van der Waals surface area (Å²) in [6.45, 7) is 4.84. The summed E-state index contributed by atoms with van der Waals surface area (Å²) in [5, 5.41) is 0. The van der Waals surface area contributed by atoms with Gasteiger partial charge < -0.3 is 10.5 Å². The van der Waals surface area contributed by atoms with Crippen LogP contribution in [0, 0.1) is 0 Å². The molecule has 0 heterocycles. The molecule has 0 radical (unpaired) electrons. The molecule has 0 saturated carbocycles. The van der Waals surface area contributed by atoms with Crippen LogP contribution in [0.3, 0.4) is 0 Å². The van der Waals surface area contributed by atoms with E-state index in [0.717, 1.165) is 17.1 Å². The Hall–Kier alpha value is -1.80. The Bertz CT molecular complexity index is 506. The van der Waals surface area contributed by atoms with Crippen LogP contribution in [0.1, 0.15) is 19.4 Å². The topological polar surface area (TPSA) is 35.2 Å². The molecule has 0 unspecified atom stereocenters. The summed E-state index contributed by atoms with van der Waals surface area (Å²) in [6, 6.07) is 17.9. The largest absolute Gasteiger partial charge is 0.457 e. The van der Waals surface area contributed by atoms with Crippen molar-refractivity contribution in [1.29, 1.82) is 0 Å². The fourth-order valence-electron chi connectivity index (χ4n) is 1.84. The SMILES string of the molecule is CC(C)(CN)c1ccccc1Oc1ccccc1. The van der Waals surface area contributed by atoms with Crippen LogP contribution >= 0.6 is 0 Å². The molecule has 2 aromatic carbocycles. The van der Waals surface area contributed by atoms with E-state index in [2.05, 4.69) is 19.9 Å². The number of nitrogens with two attached hydrogens (primary N) is 1. The molecule has 0 aliphatic heterocycles. The Kier molecular flexibility index (Phi) is 3.68. The van der Waals surface area contributed by atoms with Gasteiger partial charge >= 0.3 is 0 Å². The molecule has 0 fully saturated rings.